The van der Waals surface area contributed by atoms with Crippen LogP contribution in [0.5, 0.6) is 0 Å². The summed E-state index contributed by atoms with van der Waals surface area (Å²) >= 11 is 3.42. The van der Waals surface area contributed by atoms with Crippen molar-refractivity contribution in [2.24, 2.45) is 0 Å². The largest absolute Gasteiger partial charge is 0.325 e. The Morgan fingerprint density at radius 2 is 1.90 bits per heavy atom. The van der Waals surface area contributed by atoms with Gasteiger partial charge in [0.25, 0.3) is 5.78 Å². The third-order valence-electron chi connectivity index (χ3n) is 3.14. The van der Waals surface area contributed by atoms with E-state index in [4.69, 9.17) is 0 Å². The lowest BCUT2D eigenvalue weighted by Gasteiger charge is -2.01. The van der Waals surface area contributed by atoms with Crippen LogP contribution in [0.15, 0.2) is 46.9 Å². The molecule has 0 radical (unpaired) electrons. The third-order valence-corrected chi connectivity index (χ3v) is 3.63. The van der Waals surface area contributed by atoms with Crippen LogP contribution in [0.3, 0.4) is 0 Å². The van der Waals surface area contributed by atoms with Crippen LogP contribution in [-0.2, 0) is 0 Å². The highest BCUT2D eigenvalue weighted by atomic mass is 79.9. The van der Waals surface area contributed by atoms with Gasteiger partial charge in [0.15, 0.2) is 0 Å². The SMILES string of the molecule is Fc1ccc(Nc2nc3nc4cc(Br)ccc4n3[nH]2)cc1. The van der Waals surface area contributed by atoms with Crippen LogP contribution in [0.2, 0.25) is 0 Å². The van der Waals surface area contributed by atoms with E-state index in [0.717, 1.165) is 21.2 Å². The van der Waals surface area contributed by atoms with E-state index in [9.17, 15) is 4.39 Å². The number of aromatic amines is 1. The topological polar surface area (TPSA) is 58.0 Å². The molecule has 0 fully saturated rings. The summed E-state index contributed by atoms with van der Waals surface area (Å²) in [5, 5.41) is 6.20. The number of nitrogens with one attached hydrogen (secondary N) is 2. The maximum absolute atomic E-state index is 12.9. The molecule has 0 aliphatic rings. The predicted molar refractivity (Wildman–Crippen MR) is 82.2 cm³/mol. The summed E-state index contributed by atoms with van der Waals surface area (Å²) in [6.45, 7) is 0. The zero-order valence-corrected chi connectivity index (χ0v) is 12.2. The van der Waals surface area contributed by atoms with Gasteiger partial charge in [-0.15, -0.1) is 0 Å². The number of aromatic nitrogens is 4. The molecule has 4 rings (SSSR count). The van der Waals surface area contributed by atoms with Gasteiger partial charge in [-0.05, 0) is 42.5 Å². The first-order chi connectivity index (χ1) is 10.2. The minimum absolute atomic E-state index is 0.272. The summed E-state index contributed by atoms with van der Waals surface area (Å²) in [6.07, 6.45) is 0. The molecule has 2 N–H and O–H groups in total. The van der Waals surface area contributed by atoms with Crippen molar-refractivity contribution in [3.05, 3.63) is 52.8 Å². The minimum Gasteiger partial charge on any atom is -0.325 e. The fourth-order valence-corrected chi connectivity index (χ4v) is 2.53. The van der Waals surface area contributed by atoms with Gasteiger partial charge in [0.1, 0.15) is 5.82 Å². The van der Waals surface area contributed by atoms with Crippen molar-refractivity contribution in [2.75, 3.05) is 5.32 Å². The van der Waals surface area contributed by atoms with Crippen molar-refractivity contribution >= 4 is 44.4 Å². The number of rotatable bonds is 2. The van der Waals surface area contributed by atoms with Crippen LogP contribution in [0.25, 0.3) is 16.8 Å². The van der Waals surface area contributed by atoms with Crippen LogP contribution in [-0.4, -0.2) is 19.6 Å². The van der Waals surface area contributed by atoms with Crippen LogP contribution >= 0.6 is 15.9 Å². The van der Waals surface area contributed by atoms with Crippen LogP contribution in [0.1, 0.15) is 0 Å². The van der Waals surface area contributed by atoms with Gasteiger partial charge >= 0.3 is 0 Å². The Morgan fingerprint density at radius 1 is 1.10 bits per heavy atom. The van der Waals surface area contributed by atoms with Crippen LogP contribution in [0, 0.1) is 5.82 Å². The highest BCUT2D eigenvalue weighted by Gasteiger charge is 2.09. The standard InChI is InChI=1S/C14H9BrFN5/c15-8-1-6-12-11(7-8)18-14-19-13(20-21(12)14)17-10-4-2-9(16)3-5-10/h1-7H,(H2,17,18,19,20). The first kappa shape index (κ1) is 12.3. The summed E-state index contributed by atoms with van der Waals surface area (Å²) in [7, 11) is 0. The van der Waals surface area contributed by atoms with Crippen LogP contribution < -0.4 is 5.32 Å². The molecule has 2 aromatic heterocycles. The zero-order valence-electron chi connectivity index (χ0n) is 10.6. The second kappa shape index (κ2) is 4.56. The van der Waals surface area contributed by atoms with Gasteiger partial charge in [0, 0.05) is 10.2 Å². The average Bonchev–Trinajstić information content (AvgIpc) is 2.97. The number of imidazole rings is 1. The molecule has 4 aromatic rings. The summed E-state index contributed by atoms with van der Waals surface area (Å²) in [4.78, 5) is 8.82. The lowest BCUT2D eigenvalue weighted by Crippen LogP contribution is -1.93. The van der Waals surface area contributed by atoms with E-state index in [0.29, 0.717) is 11.7 Å². The summed E-state index contributed by atoms with van der Waals surface area (Å²) in [5.74, 6) is 0.855. The molecule has 5 nitrogen and oxygen atoms in total. The Morgan fingerprint density at radius 3 is 2.71 bits per heavy atom. The Bertz CT molecular complexity index is 941. The number of anilines is 2. The molecule has 0 spiro atoms. The highest BCUT2D eigenvalue weighted by Crippen LogP contribution is 2.21. The quantitative estimate of drug-likeness (QED) is 0.580. The summed E-state index contributed by atoms with van der Waals surface area (Å²) in [5.41, 5.74) is 2.55. The Labute approximate surface area is 126 Å². The molecule has 0 unspecified atom stereocenters. The smallest absolute Gasteiger partial charge is 0.253 e. The molecule has 0 aliphatic heterocycles. The Kier molecular flexibility index (Phi) is 2.68. The monoisotopic (exact) mass is 345 g/mol. The van der Waals surface area contributed by atoms with Gasteiger partial charge in [-0.1, -0.05) is 15.9 Å². The summed E-state index contributed by atoms with van der Waals surface area (Å²) in [6, 6.07) is 11.9. The van der Waals surface area contributed by atoms with Gasteiger partial charge in [0.2, 0.25) is 5.95 Å². The first-order valence-electron chi connectivity index (χ1n) is 6.25. The van der Waals surface area contributed by atoms with E-state index in [2.05, 4.69) is 36.3 Å². The molecule has 0 saturated heterocycles. The molecule has 0 atom stereocenters. The number of nitrogens with zero attached hydrogens (tertiary/aromatic N) is 3. The molecular formula is C14H9BrFN5. The zero-order chi connectivity index (χ0) is 14.4. The molecule has 2 aromatic carbocycles. The van der Waals surface area contributed by atoms with Gasteiger partial charge in [-0.25, -0.2) is 13.9 Å². The predicted octanol–water partition coefficient (Wildman–Crippen LogP) is 3.86. The number of hydrogen-bond acceptors (Lipinski definition) is 3. The van der Waals surface area contributed by atoms with Gasteiger partial charge in [-0.3, -0.25) is 5.10 Å². The van der Waals surface area contributed by atoms with Crippen molar-refractivity contribution in [1.82, 2.24) is 19.6 Å². The van der Waals surface area contributed by atoms with E-state index in [1.165, 1.54) is 12.1 Å². The van der Waals surface area contributed by atoms with Crippen molar-refractivity contribution in [2.45, 2.75) is 0 Å². The summed E-state index contributed by atoms with van der Waals surface area (Å²) < 4.78 is 15.7. The molecule has 0 amide bonds. The minimum atomic E-state index is -0.272. The second-order valence-electron chi connectivity index (χ2n) is 4.58. The molecule has 0 aliphatic carbocycles. The van der Waals surface area contributed by atoms with E-state index in [-0.39, 0.29) is 5.82 Å². The fraction of sp³-hybridized carbons (Fsp3) is 0. The van der Waals surface area contributed by atoms with E-state index in [1.54, 1.807) is 16.6 Å². The van der Waals surface area contributed by atoms with E-state index >= 15 is 0 Å². The molecule has 2 heterocycles. The Hall–Kier alpha value is -2.41. The van der Waals surface area contributed by atoms with Crippen molar-refractivity contribution in [3.63, 3.8) is 0 Å². The normalized spacial score (nSPS) is 11.3. The van der Waals surface area contributed by atoms with Crippen molar-refractivity contribution in [1.29, 1.82) is 0 Å². The Balaban J connectivity index is 1.75. The number of benzene rings is 2. The number of fused-ring (bicyclic) bond motifs is 3. The third kappa shape index (κ3) is 2.15. The number of hydrogen-bond donors (Lipinski definition) is 2. The molecular weight excluding hydrogens is 337 g/mol. The number of halogens is 2. The maximum atomic E-state index is 12.9. The van der Waals surface area contributed by atoms with Gasteiger partial charge in [-0.2, -0.15) is 4.98 Å². The molecule has 7 heteroatoms. The number of H-pyrrole nitrogens is 1. The molecule has 104 valence electrons. The van der Waals surface area contributed by atoms with Crippen LogP contribution in [0.4, 0.5) is 16.0 Å². The molecule has 0 bridgehead atoms. The maximum Gasteiger partial charge on any atom is 0.253 e. The molecule has 21 heavy (non-hydrogen) atoms. The molecule has 0 saturated carbocycles. The van der Waals surface area contributed by atoms with E-state index in [1.807, 2.05) is 18.2 Å². The van der Waals surface area contributed by atoms with Crippen molar-refractivity contribution < 1.29 is 4.39 Å². The lowest BCUT2D eigenvalue weighted by atomic mass is 10.3. The first-order valence-corrected chi connectivity index (χ1v) is 7.05. The van der Waals surface area contributed by atoms with E-state index < -0.39 is 0 Å². The average molecular weight is 346 g/mol. The second-order valence-corrected chi connectivity index (χ2v) is 5.50. The van der Waals surface area contributed by atoms with Crippen molar-refractivity contribution in [3.8, 4) is 0 Å². The lowest BCUT2D eigenvalue weighted by molar-refractivity contribution is 0.628. The van der Waals surface area contributed by atoms with Gasteiger partial charge < -0.3 is 5.32 Å². The fourth-order valence-electron chi connectivity index (χ4n) is 2.18. The highest BCUT2D eigenvalue weighted by molar-refractivity contribution is 9.10. The van der Waals surface area contributed by atoms with Gasteiger partial charge in [0.05, 0.1) is 11.0 Å².